The van der Waals surface area contributed by atoms with Crippen LogP contribution in [0.15, 0.2) is 72.8 Å². The van der Waals surface area contributed by atoms with Crippen LogP contribution in [0.3, 0.4) is 0 Å². The first-order valence-corrected chi connectivity index (χ1v) is 13.3. The highest BCUT2D eigenvalue weighted by molar-refractivity contribution is 5.48. The molecule has 1 fully saturated rings. The molecule has 0 heterocycles. The molecule has 0 bridgehead atoms. The molecule has 3 aromatic carbocycles. The maximum atomic E-state index is 8.92. The summed E-state index contributed by atoms with van der Waals surface area (Å²) < 4.78 is 17.9. The Morgan fingerprint density at radius 2 is 1.56 bits per heavy atom. The van der Waals surface area contributed by atoms with E-state index in [1.165, 1.54) is 22.3 Å². The maximum Gasteiger partial charge on any atom is 0.120 e. The number of hydrogen-bond acceptors (Lipinski definition) is 4. The minimum absolute atomic E-state index is 0.0721. The Morgan fingerprint density at radius 1 is 0.833 bits per heavy atom. The number of aliphatic hydroxyl groups is 1. The number of fused-ring (bicyclic) bond motifs is 1. The van der Waals surface area contributed by atoms with Gasteiger partial charge in [0, 0.05) is 18.8 Å². The molecule has 190 valence electrons. The van der Waals surface area contributed by atoms with E-state index in [0.29, 0.717) is 12.5 Å². The Labute approximate surface area is 215 Å². The second-order valence-electron chi connectivity index (χ2n) is 11.1. The van der Waals surface area contributed by atoms with Crippen molar-refractivity contribution in [2.24, 2.45) is 0 Å². The first-order valence-electron chi connectivity index (χ1n) is 13.3. The summed E-state index contributed by atoms with van der Waals surface area (Å²) in [5.41, 5.74) is 5.28. The van der Waals surface area contributed by atoms with Crippen molar-refractivity contribution in [3.8, 4) is 11.5 Å². The molecule has 0 aliphatic heterocycles. The SMILES string of the molecule is CC(C)(C)Oc1ccc2c(c1)CC[C@H](c1ccccc1)[C@@H]2c1ccc(OC2CC(OCCO)C2)cc1. The van der Waals surface area contributed by atoms with E-state index in [1.807, 2.05) is 0 Å². The molecule has 4 heteroatoms. The quantitative estimate of drug-likeness (QED) is 0.387. The normalized spacial score (nSPS) is 23.4. The third-order valence-electron chi connectivity index (χ3n) is 7.27. The van der Waals surface area contributed by atoms with E-state index in [-0.39, 0.29) is 30.3 Å². The Kier molecular flexibility index (Phi) is 7.36. The zero-order valence-electron chi connectivity index (χ0n) is 21.7. The number of hydrogen-bond donors (Lipinski definition) is 1. The van der Waals surface area contributed by atoms with E-state index < -0.39 is 0 Å². The van der Waals surface area contributed by atoms with Gasteiger partial charge in [-0.3, -0.25) is 0 Å². The van der Waals surface area contributed by atoms with Crippen LogP contribution < -0.4 is 9.47 Å². The average Bonchev–Trinajstić information content (AvgIpc) is 2.84. The molecule has 36 heavy (non-hydrogen) atoms. The topological polar surface area (TPSA) is 47.9 Å². The van der Waals surface area contributed by atoms with Crippen LogP contribution in [-0.2, 0) is 11.2 Å². The summed E-state index contributed by atoms with van der Waals surface area (Å²) in [5, 5.41) is 8.92. The number of rotatable bonds is 8. The summed E-state index contributed by atoms with van der Waals surface area (Å²) in [5.74, 6) is 2.57. The third kappa shape index (κ3) is 5.77. The van der Waals surface area contributed by atoms with Crippen molar-refractivity contribution < 1.29 is 19.3 Å². The minimum Gasteiger partial charge on any atom is -0.490 e. The summed E-state index contributed by atoms with van der Waals surface area (Å²) in [6.45, 7) is 6.76. The van der Waals surface area contributed by atoms with E-state index in [0.717, 1.165) is 37.2 Å². The molecule has 0 amide bonds. The molecule has 0 aromatic heterocycles. The van der Waals surface area contributed by atoms with Gasteiger partial charge in [-0.15, -0.1) is 0 Å². The lowest BCUT2D eigenvalue weighted by molar-refractivity contribution is -0.0688. The van der Waals surface area contributed by atoms with E-state index >= 15 is 0 Å². The molecule has 3 aromatic rings. The molecule has 2 aliphatic rings. The summed E-state index contributed by atoms with van der Waals surface area (Å²) >= 11 is 0. The van der Waals surface area contributed by atoms with E-state index in [9.17, 15) is 0 Å². The summed E-state index contributed by atoms with van der Waals surface area (Å²) in [4.78, 5) is 0. The fraction of sp³-hybridized carbons (Fsp3) is 0.438. The Bertz CT molecular complexity index is 1130. The zero-order valence-corrected chi connectivity index (χ0v) is 21.7. The van der Waals surface area contributed by atoms with Gasteiger partial charge in [-0.2, -0.15) is 0 Å². The number of aryl methyl sites for hydroxylation is 1. The van der Waals surface area contributed by atoms with Crippen molar-refractivity contribution in [1.29, 1.82) is 0 Å². The van der Waals surface area contributed by atoms with E-state index in [2.05, 4.69) is 93.6 Å². The van der Waals surface area contributed by atoms with Gasteiger partial charge in [-0.05, 0) is 86.1 Å². The van der Waals surface area contributed by atoms with Crippen LogP contribution in [0.25, 0.3) is 0 Å². The molecule has 0 spiro atoms. The van der Waals surface area contributed by atoms with Gasteiger partial charge in [0.1, 0.15) is 23.2 Å². The van der Waals surface area contributed by atoms with Gasteiger partial charge in [0.2, 0.25) is 0 Å². The molecule has 0 unspecified atom stereocenters. The van der Waals surface area contributed by atoms with Crippen LogP contribution in [-0.4, -0.2) is 36.1 Å². The van der Waals surface area contributed by atoms with Crippen molar-refractivity contribution >= 4 is 0 Å². The summed E-state index contributed by atoms with van der Waals surface area (Å²) in [6, 6.07) is 26.3. The summed E-state index contributed by atoms with van der Waals surface area (Å²) in [7, 11) is 0. The molecular weight excluding hydrogens is 448 g/mol. The third-order valence-corrected chi connectivity index (χ3v) is 7.27. The second kappa shape index (κ2) is 10.7. The van der Waals surface area contributed by atoms with Gasteiger partial charge in [-0.25, -0.2) is 0 Å². The van der Waals surface area contributed by atoms with Crippen molar-refractivity contribution in [2.45, 2.75) is 76.1 Å². The van der Waals surface area contributed by atoms with Crippen molar-refractivity contribution in [1.82, 2.24) is 0 Å². The predicted molar refractivity (Wildman–Crippen MR) is 143 cm³/mol. The predicted octanol–water partition coefficient (Wildman–Crippen LogP) is 6.64. The zero-order chi connectivity index (χ0) is 25.1. The molecule has 2 aliphatic carbocycles. The lowest BCUT2D eigenvalue weighted by atomic mass is 9.69. The molecule has 1 saturated carbocycles. The number of aliphatic hydroxyl groups excluding tert-OH is 1. The second-order valence-corrected chi connectivity index (χ2v) is 11.1. The van der Waals surface area contributed by atoms with Crippen LogP contribution >= 0.6 is 0 Å². The van der Waals surface area contributed by atoms with Gasteiger partial charge in [0.05, 0.1) is 19.3 Å². The molecule has 1 N–H and O–H groups in total. The highest BCUT2D eigenvalue weighted by Crippen LogP contribution is 2.47. The van der Waals surface area contributed by atoms with Crippen molar-refractivity contribution in [3.63, 3.8) is 0 Å². The van der Waals surface area contributed by atoms with Crippen LogP contribution in [0.5, 0.6) is 11.5 Å². The van der Waals surface area contributed by atoms with Crippen LogP contribution in [0.4, 0.5) is 0 Å². The highest BCUT2D eigenvalue weighted by Gasteiger charge is 2.33. The maximum absolute atomic E-state index is 8.92. The van der Waals surface area contributed by atoms with Gasteiger partial charge in [0.25, 0.3) is 0 Å². The largest absolute Gasteiger partial charge is 0.490 e. The standard InChI is InChI=1S/C32H38O4/c1-32(2,3)36-26-14-16-30-24(19-26)11-15-29(22-7-5-4-6-8-22)31(30)23-9-12-25(13-10-23)35-28-20-27(21-28)34-18-17-33/h4-10,12-14,16,19,27-29,31,33H,11,15,17-18,20-21H2,1-3H3/t27?,28?,29-,31+/m1/s1. The van der Waals surface area contributed by atoms with Gasteiger partial charge in [-0.1, -0.05) is 48.5 Å². The highest BCUT2D eigenvalue weighted by atomic mass is 16.5. The van der Waals surface area contributed by atoms with Crippen molar-refractivity contribution in [3.05, 3.63) is 95.1 Å². The Hall–Kier alpha value is -2.82. The fourth-order valence-electron chi connectivity index (χ4n) is 5.60. The molecular formula is C32H38O4. The lowest BCUT2D eigenvalue weighted by Crippen LogP contribution is -2.39. The van der Waals surface area contributed by atoms with Crippen LogP contribution in [0, 0.1) is 0 Å². The molecule has 4 nitrogen and oxygen atoms in total. The first kappa shape index (κ1) is 24.9. The van der Waals surface area contributed by atoms with E-state index in [4.69, 9.17) is 19.3 Å². The molecule has 5 rings (SSSR count). The van der Waals surface area contributed by atoms with Gasteiger partial charge < -0.3 is 19.3 Å². The first-order chi connectivity index (χ1) is 17.4. The van der Waals surface area contributed by atoms with Crippen LogP contribution in [0.1, 0.15) is 74.1 Å². The minimum atomic E-state index is -0.212. The summed E-state index contributed by atoms with van der Waals surface area (Å²) in [6.07, 6.45) is 4.32. The molecule has 2 atom stereocenters. The van der Waals surface area contributed by atoms with Gasteiger partial charge in [0.15, 0.2) is 0 Å². The Balaban J connectivity index is 1.38. The monoisotopic (exact) mass is 486 g/mol. The van der Waals surface area contributed by atoms with Crippen molar-refractivity contribution in [2.75, 3.05) is 13.2 Å². The molecule has 0 radical (unpaired) electrons. The number of ether oxygens (including phenoxy) is 3. The fourth-order valence-corrected chi connectivity index (χ4v) is 5.60. The Morgan fingerprint density at radius 3 is 2.25 bits per heavy atom. The number of benzene rings is 3. The van der Waals surface area contributed by atoms with Gasteiger partial charge >= 0.3 is 0 Å². The molecule has 0 saturated heterocycles. The lowest BCUT2D eigenvalue weighted by Gasteiger charge is -2.36. The average molecular weight is 487 g/mol. The van der Waals surface area contributed by atoms with Crippen LogP contribution in [0.2, 0.25) is 0 Å². The smallest absolute Gasteiger partial charge is 0.120 e. The van der Waals surface area contributed by atoms with E-state index in [1.54, 1.807) is 0 Å².